The number of hydrogen-bond acceptors (Lipinski definition) is 2. The number of nitrogens with one attached hydrogen (secondary N) is 1. The zero-order valence-electron chi connectivity index (χ0n) is 9.78. The summed E-state index contributed by atoms with van der Waals surface area (Å²) in [5.74, 6) is 0. The minimum absolute atomic E-state index is 0.789. The van der Waals surface area contributed by atoms with E-state index in [-0.39, 0.29) is 0 Å². The molecule has 1 N–H and O–H groups in total. The van der Waals surface area contributed by atoms with Gasteiger partial charge >= 0.3 is 0 Å². The second-order valence-electron chi connectivity index (χ2n) is 4.95. The first kappa shape index (κ1) is 10.3. The molecule has 1 atom stereocenters. The van der Waals surface area contributed by atoms with Crippen LogP contribution in [0.5, 0.6) is 0 Å². The van der Waals surface area contributed by atoms with Gasteiger partial charge in [0.2, 0.25) is 0 Å². The van der Waals surface area contributed by atoms with Gasteiger partial charge in [0.15, 0.2) is 0 Å². The Hall–Kier alpha value is -0.860. The van der Waals surface area contributed by atoms with Gasteiger partial charge in [0.25, 0.3) is 0 Å². The van der Waals surface area contributed by atoms with Crippen LogP contribution in [0.25, 0.3) is 0 Å². The molecule has 1 unspecified atom stereocenters. The molecule has 16 heavy (non-hydrogen) atoms. The van der Waals surface area contributed by atoms with Gasteiger partial charge in [-0.1, -0.05) is 24.3 Å². The topological polar surface area (TPSA) is 15.3 Å². The van der Waals surface area contributed by atoms with E-state index in [0.29, 0.717) is 0 Å². The number of aryl methyl sites for hydroxylation is 1. The molecule has 1 aliphatic carbocycles. The molecule has 1 aromatic carbocycles. The SMILES string of the molecule is c1ccc2c(c1)CCC(N1CCNCC1)C2. The molecule has 1 fully saturated rings. The molecule has 0 saturated carbocycles. The smallest absolute Gasteiger partial charge is 0.0140 e. The molecule has 86 valence electrons. The maximum Gasteiger partial charge on any atom is 0.0140 e. The van der Waals surface area contributed by atoms with Gasteiger partial charge in [0.1, 0.15) is 0 Å². The number of nitrogens with zero attached hydrogens (tertiary/aromatic N) is 1. The van der Waals surface area contributed by atoms with Crippen LogP contribution in [0.15, 0.2) is 24.3 Å². The standard InChI is InChI=1S/C14H20N2/c1-2-4-13-11-14(6-5-12(13)3-1)16-9-7-15-8-10-16/h1-4,14-15H,5-11H2. The van der Waals surface area contributed by atoms with Gasteiger partial charge in [-0.15, -0.1) is 0 Å². The van der Waals surface area contributed by atoms with E-state index >= 15 is 0 Å². The monoisotopic (exact) mass is 216 g/mol. The minimum Gasteiger partial charge on any atom is -0.314 e. The lowest BCUT2D eigenvalue weighted by atomic mass is 9.87. The van der Waals surface area contributed by atoms with E-state index in [4.69, 9.17) is 0 Å². The number of fused-ring (bicyclic) bond motifs is 1. The molecule has 2 heteroatoms. The lowest BCUT2D eigenvalue weighted by Gasteiger charge is -2.37. The van der Waals surface area contributed by atoms with Crippen molar-refractivity contribution in [2.75, 3.05) is 26.2 Å². The Labute approximate surface area is 97.6 Å². The van der Waals surface area contributed by atoms with Gasteiger partial charge < -0.3 is 5.32 Å². The highest BCUT2D eigenvalue weighted by molar-refractivity contribution is 5.30. The molecule has 2 aliphatic rings. The minimum atomic E-state index is 0.789. The molecular formula is C14H20N2. The Bertz CT molecular complexity index is 356. The van der Waals surface area contributed by atoms with Gasteiger partial charge in [-0.3, -0.25) is 4.90 Å². The lowest BCUT2D eigenvalue weighted by Crippen LogP contribution is -2.50. The predicted octanol–water partition coefficient (Wildman–Crippen LogP) is 1.45. The van der Waals surface area contributed by atoms with E-state index in [0.717, 1.165) is 19.1 Å². The molecule has 2 nitrogen and oxygen atoms in total. The first-order chi connectivity index (χ1) is 7.93. The highest BCUT2D eigenvalue weighted by Gasteiger charge is 2.24. The summed E-state index contributed by atoms with van der Waals surface area (Å²) in [6.07, 6.45) is 3.87. The molecule has 1 saturated heterocycles. The first-order valence-electron chi connectivity index (χ1n) is 6.45. The average Bonchev–Trinajstić information content (AvgIpc) is 2.39. The predicted molar refractivity (Wildman–Crippen MR) is 66.7 cm³/mol. The quantitative estimate of drug-likeness (QED) is 0.764. The van der Waals surface area contributed by atoms with Crippen LogP contribution < -0.4 is 5.32 Å². The molecular weight excluding hydrogens is 196 g/mol. The number of benzene rings is 1. The maximum atomic E-state index is 3.43. The fourth-order valence-corrected chi connectivity index (χ4v) is 3.04. The van der Waals surface area contributed by atoms with Crippen molar-refractivity contribution in [3.63, 3.8) is 0 Å². The summed E-state index contributed by atoms with van der Waals surface area (Å²) in [6, 6.07) is 9.74. The Morgan fingerprint density at radius 3 is 2.62 bits per heavy atom. The molecule has 0 spiro atoms. The van der Waals surface area contributed by atoms with Gasteiger partial charge in [0, 0.05) is 32.2 Å². The summed E-state index contributed by atoms with van der Waals surface area (Å²) in [4.78, 5) is 2.67. The molecule has 0 bridgehead atoms. The van der Waals surface area contributed by atoms with E-state index in [2.05, 4.69) is 34.5 Å². The van der Waals surface area contributed by atoms with Gasteiger partial charge in [-0.05, 0) is 30.4 Å². The van der Waals surface area contributed by atoms with Gasteiger partial charge in [0.05, 0.1) is 0 Å². The van der Waals surface area contributed by atoms with Crippen LogP contribution >= 0.6 is 0 Å². The van der Waals surface area contributed by atoms with E-state index in [9.17, 15) is 0 Å². The Kier molecular flexibility index (Phi) is 2.94. The summed E-state index contributed by atoms with van der Waals surface area (Å²) < 4.78 is 0. The van der Waals surface area contributed by atoms with Crippen molar-refractivity contribution in [3.8, 4) is 0 Å². The molecule has 1 heterocycles. The third kappa shape index (κ3) is 2.00. The largest absolute Gasteiger partial charge is 0.314 e. The molecule has 1 aliphatic heterocycles. The third-order valence-electron chi connectivity index (χ3n) is 3.99. The van der Waals surface area contributed by atoms with E-state index < -0.39 is 0 Å². The van der Waals surface area contributed by atoms with E-state index in [1.807, 2.05) is 0 Å². The van der Waals surface area contributed by atoms with Crippen molar-refractivity contribution in [2.45, 2.75) is 25.3 Å². The van der Waals surface area contributed by atoms with Crippen LogP contribution in [0, 0.1) is 0 Å². The van der Waals surface area contributed by atoms with Crippen LogP contribution in [-0.2, 0) is 12.8 Å². The van der Waals surface area contributed by atoms with Crippen LogP contribution in [0.4, 0.5) is 0 Å². The Balaban J connectivity index is 1.72. The Morgan fingerprint density at radius 1 is 1.06 bits per heavy atom. The second kappa shape index (κ2) is 4.56. The highest BCUT2D eigenvalue weighted by atomic mass is 15.2. The summed E-state index contributed by atoms with van der Waals surface area (Å²) in [5, 5.41) is 3.43. The maximum absolute atomic E-state index is 3.43. The Morgan fingerprint density at radius 2 is 1.81 bits per heavy atom. The average molecular weight is 216 g/mol. The fourth-order valence-electron chi connectivity index (χ4n) is 3.04. The molecule has 0 amide bonds. The normalized spacial score (nSPS) is 26.4. The third-order valence-corrected chi connectivity index (χ3v) is 3.99. The zero-order chi connectivity index (χ0) is 10.8. The summed E-state index contributed by atoms with van der Waals surface area (Å²) in [6.45, 7) is 4.79. The number of hydrogen-bond donors (Lipinski definition) is 1. The van der Waals surface area contributed by atoms with Gasteiger partial charge in [-0.2, -0.15) is 0 Å². The van der Waals surface area contributed by atoms with Crippen LogP contribution in [0.3, 0.4) is 0 Å². The second-order valence-corrected chi connectivity index (χ2v) is 4.95. The van der Waals surface area contributed by atoms with E-state index in [1.54, 1.807) is 11.1 Å². The van der Waals surface area contributed by atoms with Crippen molar-refractivity contribution in [3.05, 3.63) is 35.4 Å². The van der Waals surface area contributed by atoms with Gasteiger partial charge in [-0.25, -0.2) is 0 Å². The lowest BCUT2D eigenvalue weighted by molar-refractivity contribution is 0.159. The van der Waals surface area contributed by atoms with Crippen molar-refractivity contribution in [2.24, 2.45) is 0 Å². The number of rotatable bonds is 1. The molecule has 3 rings (SSSR count). The van der Waals surface area contributed by atoms with Crippen LogP contribution in [-0.4, -0.2) is 37.1 Å². The molecule has 1 aromatic rings. The fraction of sp³-hybridized carbons (Fsp3) is 0.571. The van der Waals surface area contributed by atoms with Crippen molar-refractivity contribution in [1.29, 1.82) is 0 Å². The van der Waals surface area contributed by atoms with Crippen molar-refractivity contribution in [1.82, 2.24) is 10.2 Å². The first-order valence-corrected chi connectivity index (χ1v) is 6.45. The van der Waals surface area contributed by atoms with Crippen molar-refractivity contribution >= 4 is 0 Å². The molecule has 0 aromatic heterocycles. The summed E-state index contributed by atoms with van der Waals surface area (Å²) in [5.41, 5.74) is 3.16. The summed E-state index contributed by atoms with van der Waals surface area (Å²) in [7, 11) is 0. The van der Waals surface area contributed by atoms with Crippen LogP contribution in [0.1, 0.15) is 17.5 Å². The zero-order valence-corrected chi connectivity index (χ0v) is 9.78. The summed E-state index contributed by atoms with van der Waals surface area (Å²) >= 11 is 0. The number of piperazine rings is 1. The van der Waals surface area contributed by atoms with Crippen molar-refractivity contribution < 1.29 is 0 Å². The molecule has 0 radical (unpaired) electrons. The van der Waals surface area contributed by atoms with E-state index in [1.165, 1.54) is 32.4 Å². The van der Waals surface area contributed by atoms with Crippen LogP contribution in [0.2, 0.25) is 0 Å². The highest BCUT2D eigenvalue weighted by Crippen LogP contribution is 2.24.